The number of carboxylic acids is 1. The predicted octanol–water partition coefficient (Wildman–Crippen LogP) is 6.53. The Balaban J connectivity index is 0.00000152. The van der Waals surface area contributed by atoms with Crippen molar-refractivity contribution in [1.82, 2.24) is 5.32 Å². The Hall–Kier alpha value is -3.34. The number of aliphatic carboxylic acids is 1. The molecular weight excluding hydrogens is 599 g/mol. The summed E-state index contributed by atoms with van der Waals surface area (Å²) in [4.78, 5) is 24.9. The smallest absolute Gasteiger partial charge is 0.326 e. The van der Waals surface area contributed by atoms with Gasteiger partial charge in [-0.15, -0.1) is 0 Å². The standard InChI is InChI=1S/C29H31NO7S.2C2H6.CH4S/c1-19-5-3-4-6-23(19)25-16-21(18-36-17-20-8-10-27-22(15-20)11-13-37-27)7-9-24(25)28(31)30-26(29(32)33)12-14-38(2,34)35;3*1-2/h3-10,15-16,26H,11-14,17-18H2,1-2H3,(H,30,31)(H,32,33);2*1-2H3;2H,1H3. The number of thiol groups is 1. The normalized spacial score (nSPS) is 12.0. The number of sulfone groups is 1. The molecule has 3 aromatic rings. The zero-order chi connectivity index (χ0) is 33.3. The van der Waals surface area contributed by atoms with Gasteiger partial charge in [-0.3, -0.25) is 4.79 Å². The van der Waals surface area contributed by atoms with Gasteiger partial charge in [0, 0.05) is 18.2 Å². The number of nitrogens with one attached hydrogen (secondary N) is 1. The highest BCUT2D eigenvalue weighted by Gasteiger charge is 2.24. The van der Waals surface area contributed by atoms with Gasteiger partial charge in [0.2, 0.25) is 0 Å². The van der Waals surface area contributed by atoms with E-state index in [1.165, 1.54) is 5.56 Å². The minimum Gasteiger partial charge on any atom is -0.493 e. The minimum atomic E-state index is -3.38. The largest absolute Gasteiger partial charge is 0.493 e. The molecule has 1 unspecified atom stereocenters. The number of carboxylic acid groups (broad SMARTS) is 1. The Labute approximate surface area is 268 Å². The van der Waals surface area contributed by atoms with Crippen molar-refractivity contribution in [2.24, 2.45) is 0 Å². The number of hydrogen-bond donors (Lipinski definition) is 3. The number of benzene rings is 3. The molecule has 10 heteroatoms. The molecule has 3 aromatic carbocycles. The highest BCUT2D eigenvalue weighted by Crippen LogP contribution is 2.29. The molecule has 242 valence electrons. The average Bonchev–Trinajstić information content (AvgIpc) is 3.50. The Kier molecular flexibility index (Phi) is 17.4. The van der Waals surface area contributed by atoms with Gasteiger partial charge < -0.3 is 19.9 Å². The molecule has 0 saturated heterocycles. The molecule has 0 fully saturated rings. The highest BCUT2D eigenvalue weighted by molar-refractivity contribution is 7.90. The van der Waals surface area contributed by atoms with Crippen molar-refractivity contribution in [3.05, 3.63) is 88.5 Å². The summed E-state index contributed by atoms with van der Waals surface area (Å²) in [6, 6.07) is 17.6. The molecule has 4 rings (SSSR count). The summed E-state index contributed by atoms with van der Waals surface area (Å²) in [6.07, 6.45) is 3.40. The predicted molar refractivity (Wildman–Crippen MR) is 182 cm³/mol. The summed E-state index contributed by atoms with van der Waals surface area (Å²) < 4.78 is 34.6. The van der Waals surface area contributed by atoms with E-state index in [0.717, 1.165) is 40.7 Å². The first-order valence-corrected chi connectivity index (χ1v) is 17.7. The van der Waals surface area contributed by atoms with E-state index in [4.69, 9.17) is 9.47 Å². The lowest BCUT2D eigenvalue weighted by Gasteiger charge is -2.18. The van der Waals surface area contributed by atoms with Gasteiger partial charge in [-0.25, -0.2) is 13.2 Å². The summed E-state index contributed by atoms with van der Waals surface area (Å²) in [5, 5.41) is 12.0. The number of amides is 1. The van der Waals surface area contributed by atoms with E-state index in [2.05, 4.69) is 24.0 Å². The van der Waals surface area contributed by atoms with Gasteiger partial charge in [0.25, 0.3) is 5.91 Å². The van der Waals surface area contributed by atoms with Gasteiger partial charge >= 0.3 is 5.97 Å². The maximum absolute atomic E-state index is 13.2. The lowest BCUT2D eigenvalue weighted by molar-refractivity contribution is -0.139. The fourth-order valence-corrected chi connectivity index (χ4v) is 5.08. The van der Waals surface area contributed by atoms with Crippen molar-refractivity contribution >= 4 is 34.3 Å². The van der Waals surface area contributed by atoms with Crippen LogP contribution in [-0.2, 0) is 39.0 Å². The van der Waals surface area contributed by atoms with Crippen molar-refractivity contribution < 1.29 is 32.6 Å². The fourth-order valence-electron chi connectivity index (χ4n) is 4.42. The quantitative estimate of drug-likeness (QED) is 0.203. The van der Waals surface area contributed by atoms with Crippen LogP contribution in [0, 0.1) is 6.92 Å². The van der Waals surface area contributed by atoms with Crippen LogP contribution in [0.25, 0.3) is 11.1 Å². The molecule has 1 heterocycles. The number of rotatable bonds is 11. The molecule has 1 aliphatic heterocycles. The van der Waals surface area contributed by atoms with Crippen LogP contribution in [0.3, 0.4) is 0 Å². The molecule has 1 atom stereocenters. The molecule has 8 nitrogen and oxygen atoms in total. The lowest BCUT2D eigenvalue weighted by atomic mass is 9.93. The van der Waals surface area contributed by atoms with Crippen molar-refractivity contribution in [3.63, 3.8) is 0 Å². The second-order valence-electron chi connectivity index (χ2n) is 9.51. The van der Waals surface area contributed by atoms with Gasteiger partial charge in [0.05, 0.1) is 25.6 Å². The van der Waals surface area contributed by atoms with Crippen molar-refractivity contribution in [1.29, 1.82) is 0 Å². The molecule has 0 saturated carbocycles. The Morgan fingerprint density at radius 3 is 2.18 bits per heavy atom. The number of hydrogen-bond acceptors (Lipinski definition) is 7. The maximum atomic E-state index is 13.2. The monoisotopic (exact) mass is 645 g/mol. The van der Waals surface area contributed by atoms with Crippen LogP contribution in [0.2, 0.25) is 0 Å². The highest BCUT2D eigenvalue weighted by atomic mass is 32.2. The number of carbonyl (C=O) groups is 2. The molecule has 0 aliphatic carbocycles. The second kappa shape index (κ2) is 19.8. The van der Waals surface area contributed by atoms with Crippen LogP contribution in [0.1, 0.15) is 66.7 Å². The van der Waals surface area contributed by atoms with Crippen LogP contribution in [0.5, 0.6) is 5.75 Å². The lowest BCUT2D eigenvalue weighted by Crippen LogP contribution is -2.42. The molecule has 1 amide bonds. The van der Waals surface area contributed by atoms with Gasteiger partial charge in [0.15, 0.2) is 0 Å². The van der Waals surface area contributed by atoms with Gasteiger partial charge in [0.1, 0.15) is 21.6 Å². The fraction of sp³-hybridized carbons (Fsp3) is 0.412. The van der Waals surface area contributed by atoms with E-state index in [0.29, 0.717) is 30.9 Å². The van der Waals surface area contributed by atoms with E-state index in [1.807, 2.05) is 77.1 Å². The third-order valence-corrected chi connectivity index (χ3v) is 7.41. The molecule has 2 N–H and O–H groups in total. The summed E-state index contributed by atoms with van der Waals surface area (Å²) in [5.74, 6) is -1.30. The van der Waals surface area contributed by atoms with E-state index >= 15 is 0 Å². The SMILES string of the molecule is CC.CC.CS.Cc1ccccc1-c1cc(COCc2ccc3c(c2)CCO3)ccc1C(=O)NC(CCS(C)(=O)=O)C(=O)O. The van der Waals surface area contributed by atoms with E-state index in [-0.39, 0.29) is 12.2 Å². The van der Waals surface area contributed by atoms with Crippen LogP contribution < -0.4 is 10.1 Å². The van der Waals surface area contributed by atoms with Crippen LogP contribution in [0.4, 0.5) is 0 Å². The Morgan fingerprint density at radius 2 is 1.57 bits per heavy atom. The zero-order valence-electron chi connectivity index (χ0n) is 26.8. The van der Waals surface area contributed by atoms with Gasteiger partial charge in [-0.2, -0.15) is 12.6 Å². The Bertz CT molecular complexity index is 1460. The number of aryl methyl sites for hydroxylation is 1. The third kappa shape index (κ3) is 12.0. The average molecular weight is 646 g/mol. The van der Waals surface area contributed by atoms with Gasteiger partial charge in [-0.1, -0.05) is 64.1 Å². The van der Waals surface area contributed by atoms with Gasteiger partial charge in [-0.05, 0) is 77.2 Å². The molecule has 0 bridgehead atoms. The molecular formula is C34H47NO7S2. The van der Waals surface area contributed by atoms with Crippen LogP contribution in [-0.4, -0.2) is 56.3 Å². The van der Waals surface area contributed by atoms with Crippen LogP contribution in [0.15, 0.2) is 60.7 Å². The summed E-state index contributed by atoms with van der Waals surface area (Å²) in [5.41, 5.74) is 5.82. The number of fused-ring (bicyclic) bond motifs is 1. The summed E-state index contributed by atoms with van der Waals surface area (Å²) in [7, 11) is -3.38. The molecule has 44 heavy (non-hydrogen) atoms. The summed E-state index contributed by atoms with van der Waals surface area (Å²) >= 11 is 3.53. The first kappa shape index (κ1) is 38.7. The second-order valence-corrected chi connectivity index (χ2v) is 11.8. The number of carbonyl (C=O) groups excluding carboxylic acids is 1. The Morgan fingerprint density at radius 1 is 0.955 bits per heavy atom. The van der Waals surface area contributed by atoms with Crippen LogP contribution >= 0.6 is 12.6 Å². The van der Waals surface area contributed by atoms with E-state index < -0.39 is 27.8 Å². The van der Waals surface area contributed by atoms with E-state index in [9.17, 15) is 23.1 Å². The zero-order valence-corrected chi connectivity index (χ0v) is 28.6. The molecule has 0 radical (unpaired) electrons. The summed E-state index contributed by atoms with van der Waals surface area (Å²) in [6.45, 7) is 11.4. The minimum absolute atomic E-state index is 0.222. The van der Waals surface area contributed by atoms with Crippen molar-refractivity contribution in [3.8, 4) is 16.9 Å². The van der Waals surface area contributed by atoms with Crippen molar-refractivity contribution in [2.75, 3.05) is 24.9 Å². The van der Waals surface area contributed by atoms with Crippen molar-refractivity contribution in [2.45, 2.75) is 66.7 Å². The third-order valence-electron chi connectivity index (χ3n) is 6.44. The first-order valence-electron chi connectivity index (χ1n) is 14.8. The van der Waals surface area contributed by atoms with E-state index in [1.54, 1.807) is 18.4 Å². The maximum Gasteiger partial charge on any atom is 0.326 e. The number of ether oxygens (including phenoxy) is 2. The molecule has 0 aromatic heterocycles. The topological polar surface area (TPSA) is 119 Å². The molecule has 0 spiro atoms. The first-order chi connectivity index (χ1) is 21.1. The molecule has 1 aliphatic rings.